The summed E-state index contributed by atoms with van der Waals surface area (Å²) in [5, 5.41) is 20.3. The zero-order chi connectivity index (χ0) is 16.9. The third-order valence-electron chi connectivity index (χ3n) is 4.77. The van der Waals surface area contributed by atoms with E-state index in [2.05, 4.69) is 29.2 Å². The molecule has 1 saturated heterocycles. The largest absolute Gasteiger partial charge is 0.504 e. The summed E-state index contributed by atoms with van der Waals surface area (Å²) in [6.07, 6.45) is 1.25. The second kappa shape index (κ2) is 7.69. The van der Waals surface area contributed by atoms with Crippen LogP contribution in [0.2, 0.25) is 0 Å². The first kappa shape index (κ1) is 16.8. The summed E-state index contributed by atoms with van der Waals surface area (Å²) >= 11 is 0. The first-order valence-corrected chi connectivity index (χ1v) is 8.46. The molecule has 2 aromatic rings. The molecule has 0 spiro atoms. The van der Waals surface area contributed by atoms with Crippen molar-refractivity contribution < 1.29 is 14.9 Å². The Balaban J connectivity index is 1.64. The number of aliphatic hydroxyl groups is 1. The standard InChI is InChI=1S/C20H25NO3/c1-24-20-8-7-16(12-19(20)23)11-17-14-21(10-9-18(17)22)13-15-5-3-2-4-6-15/h2-8,12,17-18,22-23H,9-11,13-14H2,1H3. The molecule has 4 heteroatoms. The van der Waals surface area contributed by atoms with Crippen LogP contribution in [0, 0.1) is 5.92 Å². The van der Waals surface area contributed by atoms with E-state index in [9.17, 15) is 10.2 Å². The molecule has 128 valence electrons. The minimum Gasteiger partial charge on any atom is -0.504 e. The number of rotatable bonds is 5. The van der Waals surface area contributed by atoms with Gasteiger partial charge in [0.1, 0.15) is 0 Å². The van der Waals surface area contributed by atoms with E-state index in [1.807, 2.05) is 12.1 Å². The molecule has 0 radical (unpaired) electrons. The van der Waals surface area contributed by atoms with Crippen LogP contribution in [0.5, 0.6) is 11.5 Å². The monoisotopic (exact) mass is 327 g/mol. The highest BCUT2D eigenvalue weighted by Crippen LogP contribution is 2.29. The maximum absolute atomic E-state index is 10.4. The molecule has 0 amide bonds. The van der Waals surface area contributed by atoms with Gasteiger partial charge in [0.2, 0.25) is 0 Å². The molecule has 3 rings (SSSR count). The average Bonchev–Trinajstić information content (AvgIpc) is 2.59. The van der Waals surface area contributed by atoms with Crippen LogP contribution < -0.4 is 4.74 Å². The van der Waals surface area contributed by atoms with Crippen LogP contribution in [0.1, 0.15) is 17.5 Å². The van der Waals surface area contributed by atoms with Crippen molar-refractivity contribution in [3.05, 3.63) is 59.7 Å². The number of phenolic OH excluding ortho intramolecular Hbond substituents is 1. The summed E-state index contributed by atoms with van der Waals surface area (Å²) < 4.78 is 5.09. The van der Waals surface area contributed by atoms with Gasteiger partial charge in [-0.25, -0.2) is 0 Å². The maximum Gasteiger partial charge on any atom is 0.160 e. The molecule has 2 N–H and O–H groups in total. The Kier molecular flexibility index (Phi) is 5.38. The molecule has 0 aromatic heterocycles. The molecular weight excluding hydrogens is 302 g/mol. The van der Waals surface area contributed by atoms with Gasteiger partial charge in [-0.05, 0) is 36.1 Å². The lowest BCUT2D eigenvalue weighted by molar-refractivity contribution is 0.0239. The number of aliphatic hydroxyl groups excluding tert-OH is 1. The number of likely N-dealkylation sites (tertiary alicyclic amines) is 1. The van der Waals surface area contributed by atoms with E-state index >= 15 is 0 Å². The minimum atomic E-state index is -0.290. The molecule has 2 atom stereocenters. The van der Waals surface area contributed by atoms with Crippen LogP contribution in [-0.2, 0) is 13.0 Å². The van der Waals surface area contributed by atoms with E-state index in [1.54, 1.807) is 19.2 Å². The maximum atomic E-state index is 10.4. The Labute approximate surface area is 143 Å². The average molecular weight is 327 g/mol. The Bertz CT molecular complexity index is 659. The number of ether oxygens (including phenoxy) is 1. The molecule has 2 unspecified atom stereocenters. The van der Waals surface area contributed by atoms with Crippen LogP contribution in [0.25, 0.3) is 0 Å². The van der Waals surface area contributed by atoms with Crippen molar-refractivity contribution in [2.75, 3.05) is 20.2 Å². The van der Waals surface area contributed by atoms with Crippen molar-refractivity contribution in [3.63, 3.8) is 0 Å². The number of nitrogens with zero attached hydrogens (tertiary/aromatic N) is 1. The van der Waals surface area contributed by atoms with Crippen molar-refractivity contribution in [1.29, 1.82) is 0 Å². The molecule has 1 fully saturated rings. The van der Waals surface area contributed by atoms with Gasteiger partial charge in [-0.2, -0.15) is 0 Å². The van der Waals surface area contributed by atoms with E-state index in [0.29, 0.717) is 5.75 Å². The summed E-state index contributed by atoms with van der Waals surface area (Å²) in [5.41, 5.74) is 2.33. The van der Waals surface area contributed by atoms with Gasteiger partial charge >= 0.3 is 0 Å². The van der Waals surface area contributed by atoms with Gasteiger partial charge in [-0.1, -0.05) is 36.4 Å². The van der Waals surface area contributed by atoms with Gasteiger partial charge < -0.3 is 14.9 Å². The normalized spacial score (nSPS) is 21.6. The quantitative estimate of drug-likeness (QED) is 0.887. The third-order valence-corrected chi connectivity index (χ3v) is 4.77. The number of piperidine rings is 1. The zero-order valence-electron chi connectivity index (χ0n) is 14.1. The molecule has 4 nitrogen and oxygen atoms in total. The van der Waals surface area contributed by atoms with Gasteiger partial charge in [0.15, 0.2) is 11.5 Å². The highest BCUT2D eigenvalue weighted by Gasteiger charge is 2.28. The lowest BCUT2D eigenvalue weighted by Crippen LogP contribution is -2.43. The van der Waals surface area contributed by atoms with Gasteiger partial charge in [0, 0.05) is 25.6 Å². The Morgan fingerprint density at radius 3 is 2.62 bits per heavy atom. The summed E-state index contributed by atoms with van der Waals surface area (Å²) in [5.74, 6) is 0.811. The third kappa shape index (κ3) is 4.08. The Morgan fingerprint density at radius 2 is 1.92 bits per heavy atom. The number of hydrogen-bond donors (Lipinski definition) is 2. The topological polar surface area (TPSA) is 52.9 Å². The second-order valence-electron chi connectivity index (χ2n) is 6.55. The van der Waals surface area contributed by atoms with Crippen LogP contribution in [0.3, 0.4) is 0 Å². The lowest BCUT2D eigenvalue weighted by atomic mass is 9.88. The summed E-state index contributed by atoms with van der Waals surface area (Å²) in [6.45, 7) is 2.70. The molecule has 0 saturated carbocycles. The van der Waals surface area contributed by atoms with Crippen molar-refractivity contribution in [3.8, 4) is 11.5 Å². The first-order chi connectivity index (χ1) is 11.7. The van der Waals surface area contributed by atoms with Crippen LogP contribution in [0.4, 0.5) is 0 Å². The number of methoxy groups -OCH3 is 1. The smallest absolute Gasteiger partial charge is 0.160 e. The Morgan fingerprint density at radius 1 is 1.12 bits per heavy atom. The molecule has 1 aliphatic rings. The van der Waals surface area contributed by atoms with Crippen LogP contribution in [0.15, 0.2) is 48.5 Å². The highest BCUT2D eigenvalue weighted by atomic mass is 16.5. The number of hydrogen-bond acceptors (Lipinski definition) is 4. The van der Waals surface area contributed by atoms with Crippen molar-refractivity contribution >= 4 is 0 Å². The minimum absolute atomic E-state index is 0.154. The molecule has 24 heavy (non-hydrogen) atoms. The fourth-order valence-electron chi connectivity index (χ4n) is 3.45. The molecule has 0 aliphatic carbocycles. The van der Waals surface area contributed by atoms with Crippen molar-refractivity contribution in [2.24, 2.45) is 5.92 Å². The number of aromatic hydroxyl groups is 1. The second-order valence-corrected chi connectivity index (χ2v) is 6.55. The molecule has 1 aliphatic heterocycles. The fraction of sp³-hybridized carbons (Fsp3) is 0.400. The molecule has 2 aromatic carbocycles. The van der Waals surface area contributed by atoms with Gasteiger partial charge in [-0.3, -0.25) is 4.90 Å². The zero-order valence-corrected chi connectivity index (χ0v) is 14.1. The van der Waals surface area contributed by atoms with E-state index < -0.39 is 0 Å². The molecule has 1 heterocycles. The summed E-state index contributed by atoms with van der Waals surface area (Å²) in [7, 11) is 1.54. The van der Waals surface area contributed by atoms with Crippen molar-refractivity contribution in [1.82, 2.24) is 4.90 Å². The predicted molar refractivity (Wildman–Crippen MR) is 94.2 cm³/mol. The number of benzene rings is 2. The number of phenols is 1. The first-order valence-electron chi connectivity index (χ1n) is 8.46. The summed E-state index contributed by atoms with van der Waals surface area (Å²) in [4.78, 5) is 2.40. The molecular formula is C20H25NO3. The highest BCUT2D eigenvalue weighted by molar-refractivity contribution is 5.41. The SMILES string of the molecule is COc1ccc(CC2CN(Cc3ccccc3)CCC2O)cc1O. The fourth-order valence-corrected chi connectivity index (χ4v) is 3.45. The van der Waals surface area contributed by atoms with Gasteiger partial charge in [0.05, 0.1) is 13.2 Å². The van der Waals surface area contributed by atoms with E-state index in [-0.39, 0.29) is 17.8 Å². The Hall–Kier alpha value is -2.04. The van der Waals surface area contributed by atoms with Crippen LogP contribution >= 0.6 is 0 Å². The van der Waals surface area contributed by atoms with E-state index in [0.717, 1.165) is 38.0 Å². The van der Waals surface area contributed by atoms with E-state index in [4.69, 9.17) is 4.74 Å². The van der Waals surface area contributed by atoms with Gasteiger partial charge in [-0.15, -0.1) is 0 Å². The lowest BCUT2D eigenvalue weighted by Gasteiger charge is -2.36. The summed E-state index contributed by atoms with van der Waals surface area (Å²) in [6, 6.07) is 15.9. The van der Waals surface area contributed by atoms with Crippen LogP contribution in [-0.4, -0.2) is 41.4 Å². The molecule has 0 bridgehead atoms. The van der Waals surface area contributed by atoms with Crippen molar-refractivity contribution in [2.45, 2.75) is 25.5 Å². The predicted octanol–water partition coefficient (Wildman–Crippen LogP) is 2.83. The van der Waals surface area contributed by atoms with E-state index in [1.165, 1.54) is 5.56 Å². The van der Waals surface area contributed by atoms with Gasteiger partial charge in [0.25, 0.3) is 0 Å².